The molecular formula is C17H14N6O2S. The first-order valence-electron chi connectivity index (χ1n) is 7.81. The number of fused-ring (bicyclic) bond motifs is 1. The molecule has 0 bridgehead atoms. The maximum absolute atomic E-state index is 12.1. The zero-order valence-electron chi connectivity index (χ0n) is 13.8. The van der Waals surface area contributed by atoms with Gasteiger partial charge in [0.25, 0.3) is 5.91 Å². The summed E-state index contributed by atoms with van der Waals surface area (Å²) >= 11 is 1.44. The third kappa shape index (κ3) is 3.52. The Morgan fingerprint density at radius 3 is 2.85 bits per heavy atom. The first kappa shape index (κ1) is 16.2. The second-order valence-corrected chi connectivity index (χ2v) is 6.61. The van der Waals surface area contributed by atoms with E-state index in [0.29, 0.717) is 10.9 Å². The molecule has 0 spiro atoms. The van der Waals surface area contributed by atoms with Crippen LogP contribution in [0.2, 0.25) is 0 Å². The van der Waals surface area contributed by atoms with Gasteiger partial charge in [0, 0.05) is 0 Å². The van der Waals surface area contributed by atoms with E-state index in [1.165, 1.54) is 22.3 Å². The number of benzene rings is 2. The molecule has 130 valence electrons. The molecule has 2 aromatic carbocycles. The molecule has 4 aromatic rings. The van der Waals surface area contributed by atoms with Crippen LogP contribution in [0, 0.1) is 6.92 Å². The lowest BCUT2D eigenvalue weighted by Gasteiger charge is -2.06. The number of ether oxygens (including phenoxy) is 1. The van der Waals surface area contributed by atoms with Gasteiger partial charge in [-0.3, -0.25) is 10.1 Å². The molecule has 0 aliphatic carbocycles. The SMILES string of the molecule is Cc1ccc2nc(NC(=O)COc3ccc(-n4cnnn4)cc3)sc2c1. The summed E-state index contributed by atoms with van der Waals surface area (Å²) in [6, 6.07) is 13.1. The van der Waals surface area contributed by atoms with Crippen molar-refractivity contribution in [2.75, 3.05) is 11.9 Å². The zero-order chi connectivity index (χ0) is 17.9. The number of aryl methyl sites for hydroxylation is 1. The Kier molecular flexibility index (Phi) is 4.28. The van der Waals surface area contributed by atoms with Crippen LogP contribution in [0.1, 0.15) is 5.56 Å². The van der Waals surface area contributed by atoms with Crippen molar-refractivity contribution in [1.29, 1.82) is 0 Å². The number of aromatic nitrogens is 5. The zero-order valence-corrected chi connectivity index (χ0v) is 14.6. The van der Waals surface area contributed by atoms with Gasteiger partial charge in [0.1, 0.15) is 12.1 Å². The Hall–Kier alpha value is -3.33. The van der Waals surface area contributed by atoms with Crippen LogP contribution in [-0.4, -0.2) is 37.7 Å². The van der Waals surface area contributed by atoms with Crippen LogP contribution in [0.15, 0.2) is 48.8 Å². The number of carbonyl (C=O) groups is 1. The molecule has 0 aliphatic rings. The summed E-state index contributed by atoms with van der Waals surface area (Å²) in [6.07, 6.45) is 1.50. The third-order valence-corrected chi connectivity index (χ3v) is 4.54. The van der Waals surface area contributed by atoms with E-state index < -0.39 is 0 Å². The molecule has 0 aliphatic heterocycles. The Balaban J connectivity index is 1.35. The highest BCUT2D eigenvalue weighted by Gasteiger charge is 2.09. The van der Waals surface area contributed by atoms with Crippen LogP contribution in [0.3, 0.4) is 0 Å². The molecule has 0 fully saturated rings. The normalized spacial score (nSPS) is 10.8. The van der Waals surface area contributed by atoms with Crippen LogP contribution in [0.4, 0.5) is 5.13 Å². The average molecular weight is 366 g/mol. The molecule has 0 atom stereocenters. The first-order chi connectivity index (χ1) is 12.7. The minimum Gasteiger partial charge on any atom is -0.484 e. The molecule has 2 heterocycles. The summed E-state index contributed by atoms with van der Waals surface area (Å²) in [6.45, 7) is 1.93. The topological polar surface area (TPSA) is 94.8 Å². The fourth-order valence-corrected chi connectivity index (χ4v) is 3.34. The van der Waals surface area contributed by atoms with Crippen LogP contribution >= 0.6 is 11.3 Å². The summed E-state index contributed by atoms with van der Waals surface area (Å²) in [5.41, 5.74) is 2.83. The minimum absolute atomic E-state index is 0.0980. The van der Waals surface area contributed by atoms with Crippen molar-refractivity contribution >= 4 is 32.6 Å². The molecule has 0 radical (unpaired) electrons. The molecule has 0 unspecified atom stereocenters. The summed E-state index contributed by atoms with van der Waals surface area (Å²) in [5.74, 6) is 0.322. The Morgan fingerprint density at radius 2 is 2.08 bits per heavy atom. The molecule has 26 heavy (non-hydrogen) atoms. The largest absolute Gasteiger partial charge is 0.484 e. The Bertz CT molecular complexity index is 1040. The number of carbonyl (C=O) groups excluding carboxylic acids is 1. The number of tetrazole rings is 1. The molecule has 2 aromatic heterocycles. The summed E-state index contributed by atoms with van der Waals surface area (Å²) in [4.78, 5) is 16.5. The molecule has 9 heteroatoms. The highest BCUT2D eigenvalue weighted by molar-refractivity contribution is 7.22. The van der Waals surface area contributed by atoms with Gasteiger partial charge in [-0.1, -0.05) is 17.4 Å². The van der Waals surface area contributed by atoms with Crippen molar-refractivity contribution in [3.8, 4) is 11.4 Å². The number of thiazole rings is 1. The molecule has 0 saturated carbocycles. The Labute approximate surface area is 152 Å². The maximum atomic E-state index is 12.1. The van der Waals surface area contributed by atoms with E-state index in [4.69, 9.17) is 4.74 Å². The first-order valence-corrected chi connectivity index (χ1v) is 8.62. The van der Waals surface area contributed by atoms with E-state index in [-0.39, 0.29) is 12.5 Å². The molecule has 1 amide bonds. The predicted molar refractivity (Wildman–Crippen MR) is 97.6 cm³/mol. The average Bonchev–Trinajstić information content (AvgIpc) is 3.29. The van der Waals surface area contributed by atoms with Gasteiger partial charge in [-0.2, -0.15) is 0 Å². The lowest BCUT2D eigenvalue weighted by molar-refractivity contribution is -0.118. The van der Waals surface area contributed by atoms with E-state index in [0.717, 1.165) is 21.5 Å². The second kappa shape index (κ2) is 6.89. The van der Waals surface area contributed by atoms with Crippen molar-refractivity contribution in [3.63, 3.8) is 0 Å². The molecule has 8 nitrogen and oxygen atoms in total. The lowest BCUT2D eigenvalue weighted by Crippen LogP contribution is -2.20. The van der Waals surface area contributed by atoms with Gasteiger partial charge in [-0.05, 0) is 59.3 Å². The molecule has 0 saturated heterocycles. The number of nitrogens with zero attached hydrogens (tertiary/aromatic N) is 5. The smallest absolute Gasteiger partial charge is 0.264 e. The van der Waals surface area contributed by atoms with Crippen molar-refractivity contribution in [3.05, 3.63) is 54.4 Å². The van der Waals surface area contributed by atoms with Gasteiger partial charge in [0.2, 0.25) is 0 Å². The summed E-state index contributed by atoms with van der Waals surface area (Å²) < 4.78 is 8.08. The monoisotopic (exact) mass is 366 g/mol. The number of anilines is 1. The van der Waals surface area contributed by atoms with Crippen molar-refractivity contribution in [2.24, 2.45) is 0 Å². The minimum atomic E-state index is -0.259. The van der Waals surface area contributed by atoms with Gasteiger partial charge >= 0.3 is 0 Å². The van der Waals surface area contributed by atoms with Gasteiger partial charge < -0.3 is 4.74 Å². The maximum Gasteiger partial charge on any atom is 0.264 e. The van der Waals surface area contributed by atoms with E-state index in [1.54, 1.807) is 24.3 Å². The second-order valence-electron chi connectivity index (χ2n) is 5.58. The quantitative estimate of drug-likeness (QED) is 0.583. The van der Waals surface area contributed by atoms with E-state index in [9.17, 15) is 4.79 Å². The predicted octanol–water partition coefficient (Wildman–Crippen LogP) is 2.60. The summed E-state index contributed by atoms with van der Waals surface area (Å²) in [7, 11) is 0. The summed E-state index contributed by atoms with van der Waals surface area (Å²) in [5, 5.41) is 14.3. The molecule has 4 rings (SSSR count). The Morgan fingerprint density at radius 1 is 1.23 bits per heavy atom. The number of nitrogens with one attached hydrogen (secondary N) is 1. The van der Waals surface area contributed by atoms with Crippen molar-refractivity contribution in [1.82, 2.24) is 25.2 Å². The van der Waals surface area contributed by atoms with E-state index >= 15 is 0 Å². The van der Waals surface area contributed by atoms with Gasteiger partial charge in [0.15, 0.2) is 11.7 Å². The third-order valence-electron chi connectivity index (χ3n) is 3.61. The van der Waals surface area contributed by atoms with E-state index in [1.807, 2.05) is 25.1 Å². The van der Waals surface area contributed by atoms with Gasteiger partial charge in [-0.15, -0.1) is 5.10 Å². The highest BCUT2D eigenvalue weighted by atomic mass is 32.1. The van der Waals surface area contributed by atoms with Crippen molar-refractivity contribution in [2.45, 2.75) is 6.92 Å². The van der Waals surface area contributed by atoms with Gasteiger partial charge in [0.05, 0.1) is 15.9 Å². The standard InChI is InChI=1S/C17H14N6O2S/c1-11-2-7-14-15(8-11)26-17(19-14)20-16(24)9-25-13-5-3-12(4-6-13)23-10-18-21-22-23/h2-8,10H,9H2,1H3,(H,19,20,24). The highest BCUT2D eigenvalue weighted by Crippen LogP contribution is 2.26. The molecular weight excluding hydrogens is 352 g/mol. The van der Waals surface area contributed by atoms with Gasteiger partial charge in [-0.25, -0.2) is 9.67 Å². The number of amides is 1. The fraction of sp³-hybridized carbons (Fsp3) is 0.118. The molecule has 1 N–H and O–H groups in total. The van der Waals surface area contributed by atoms with Crippen LogP contribution in [0.25, 0.3) is 15.9 Å². The number of hydrogen-bond donors (Lipinski definition) is 1. The van der Waals surface area contributed by atoms with Crippen LogP contribution < -0.4 is 10.1 Å². The van der Waals surface area contributed by atoms with Crippen molar-refractivity contribution < 1.29 is 9.53 Å². The van der Waals surface area contributed by atoms with Crippen LogP contribution in [0.5, 0.6) is 5.75 Å². The van der Waals surface area contributed by atoms with Crippen LogP contribution in [-0.2, 0) is 4.79 Å². The van der Waals surface area contributed by atoms with E-state index in [2.05, 4.69) is 25.8 Å². The lowest BCUT2D eigenvalue weighted by atomic mass is 10.2. The number of hydrogen-bond acceptors (Lipinski definition) is 7. The number of rotatable bonds is 5. The fourth-order valence-electron chi connectivity index (χ4n) is 2.36.